The summed E-state index contributed by atoms with van der Waals surface area (Å²) in [7, 11) is -16.4. The number of aliphatic carboxylic acids is 1. The summed E-state index contributed by atoms with van der Waals surface area (Å²) in [6.45, 7) is 3.78. The Morgan fingerprint density at radius 2 is 0.524 bits per heavy atom. The number of hydrogen-bond acceptors (Lipinski definition) is 17. The van der Waals surface area contributed by atoms with Gasteiger partial charge < -0.3 is 42.4 Å². The van der Waals surface area contributed by atoms with Gasteiger partial charge in [0.15, 0.2) is 74.4 Å². The third-order valence-electron chi connectivity index (χ3n) is 12.9. The maximum absolute atomic E-state index is 12.6. The van der Waals surface area contributed by atoms with Gasteiger partial charge in [0.05, 0.1) is 82.9 Å². The van der Waals surface area contributed by atoms with E-state index >= 15 is 0 Å². The van der Waals surface area contributed by atoms with Crippen LogP contribution in [0.2, 0.25) is 0 Å². The molecule has 0 atom stereocenters. The minimum absolute atomic E-state index is 0.0146. The first-order valence-corrected chi connectivity index (χ1v) is 38.5. The Kier molecular flexibility index (Phi) is 37.0. The summed E-state index contributed by atoms with van der Waals surface area (Å²) in [5, 5.41) is -5.43. The number of hydrogen-bond donors (Lipinski definition) is 1. The van der Waals surface area contributed by atoms with Crippen LogP contribution in [0.1, 0.15) is 6.92 Å². The Morgan fingerprint density at radius 3 is 0.676 bits per heavy atom. The fourth-order valence-corrected chi connectivity index (χ4v) is 14.9. The molecule has 9 rings (SSSR count). The molecule has 0 unspecified atom stereocenters. The van der Waals surface area contributed by atoms with E-state index in [1.807, 2.05) is 0 Å². The van der Waals surface area contributed by atoms with Crippen molar-refractivity contribution in [2.75, 3.05) is 53.4 Å². The highest BCUT2D eigenvalue weighted by Crippen LogP contribution is 2.34. The molecule has 30 heteroatoms. The van der Waals surface area contributed by atoms with Gasteiger partial charge in [-0.25, -0.2) is 39.6 Å². The van der Waals surface area contributed by atoms with E-state index in [2.05, 4.69) is 316 Å². The standard InChI is InChI=1S/3C18H15S.C8H12F2O6S.C7H10F2O6S.C6H8F2O6S/c3*1-4-10-16(11-5-1)19(17-12-6-2-7-13-17)18-14-8-3-9-15-18;1-3-16-7(11)6(2)4-15-5-8(9,10)17(12,13)14;1-5(6(10)14-2)3-15-4-7(8,9)16(11,12)13;1-4(5(9)10)2-14-3-6(7,8)15(11,12)13/h3*1-15H;2-5H2,1H3,(H,12,13,14);1,3-4H2,2H3,(H,11,12,13);1-3H2,(H,9,10)(H,11,12,13)/q3*+1;;;/p-3. The molecule has 0 amide bonds. The van der Waals surface area contributed by atoms with E-state index in [4.69, 9.17) is 5.11 Å². The predicted octanol–water partition coefficient (Wildman–Crippen LogP) is 14.3. The van der Waals surface area contributed by atoms with Gasteiger partial charge in [0.2, 0.25) is 0 Å². The van der Waals surface area contributed by atoms with Crippen molar-refractivity contribution in [2.24, 2.45) is 0 Å². The Morgan fingerprint density at radius 1 is 0.352 bits per heavy atom. The number of carboxylic acid groups (broad SMARTS) is 1. The van der Waals surface area contributed by atoms with Crippen LogP contribution in [0.3, 0.4) is 0 Å². The number of ether oxygens (including phenoxy) is 5. The van der Waals surface area contributed by atoms with E-state index in [0.29, 0.717) is 0 Å². The van der Waals surface area contributed by atoms with Crippen LogP contribution in [0, 0.1) is 0 Å². The minimum Gasteiger partial charge on any atom is -0.743 e. The van der Waals surface area contributed by atoms with Gasteiger partial charge in [0.25, 0.3) is 0 Å². The number of carbonyl (C=O) groups excluding carboxylic acids is 2. The van der Waals surface area contributed by atoms with Crippen molar-refractivity contribution in [3.05, 3.63) is 309 Å². The smallest absolute Gasteiger partial charge is 0.357 e. The predicted molar refractivity (Wildman–Crippen MR) is 385 cm³/mol. The summed E-state index contributed by atoms with van der Waals surface area (Å²) in [4.78, 5) is 44.0. The SMILES string of the molecule is C=C(COCC(F)(F)S(=O)(=O)[O-])C(=O)O.C=C(COCC(F)(F)S(=O)(=O)[O-])C(=O)OC.C=C(COCC(F)(F)S(=O)(=O)[O-])C(=O)OCC.c1ccc([S+](c2ccccc2)c2ccccc2)cc1.c1ccc([S+](c2ccccc2)c2ccccc2)cc1.c1ccc([S+](c2ccccc2)c2ccccc2)cc1. The van der Waals surface area contributed by atoms with Crippen LogP contribution in [0.4, 0.5) is 26.3 Å². The first-order valence-electron chi connectivity index (χ1n) is 30.6. The van der Waals surface area contributed by atoms with Crippen molar-refractivity contribution < 1.29 is 108 Å². The van der Waals surface area contributed by atoms with E-state index in [1.165, 1.54) is 51.0 Å². The first kappa shape index (κ1) is 88.2. The van der Waals surface area contributed by atoms with Gasteiger partial charge in [-0.15, -0.1) is 0 Å². The molecule has 18 nitrogen and oxygen atoms in total. The molecular weight excluding hydrogens is 1500 g/mol. The van der Waals surface area contributed by atoms with E-state index in [-0.39, 0.29) is 50.4 Å². The maximum Gasteiger partial charge on any atom is 0.357 e. The zero-order chi connectivity index (χ0) is 77.7. The van der Waals surface area contributed by atoms with Crippen LogP contribution in [-0.2, 0) is 101 Å². The Labute approximate surface area is 615 Å². The Balaban J connectivity index is 0.000000268. The molecule has 0 aliphatic carbocycles. The van der Waals surface area contributed by atoms with Gasteiger partial charge in [-0.2, -0.15) is 26.3 Å². The lowest BCUT2D eigenvalue weighted by Gasteiger charge is -2.19. The van der Waals surface area contributed by atoms with Crippen molar-refractivity contribution in [1.29, 1.82) is 0 Å². The zero-order valence-electron chi connectivity index (χ0n) is 56.2. The number of carbonyl (C=O) groups is 3. The van der Waals surface area contributed by atoms with Gasteiger partial charge in [0, 0.05) is 0 Å². The van der Waals surface area contributed by atoms with Crippen molar-refractivity contribution in [2.45, 2.75) is 66.7 Å². The van der Waals surface area contributed by atoms with Gasteiger partial charge in [0.1, 0.15) is 19.8 Å². The highest BCUT2D eigenvalue weighted by Gasteiger charge is 2.40. The summed E-state index contributed by atoms with van der Waals surface area (Å²) in [5.74, 6) is -3.20. The number of benzene rings is 9. The molecule has 9 aromatic rings. The number of esters is 2. The number of rotatable bonds is 28. The van der Waals surface area contributed by atoms with Gasteiger partial charge in [-0.05, 0) is 116 Å². The normalized spacial score (nSPS) is 11.4. The first-order chi connectivity index (χ1) is 49.7. The minimum atomic E-state index is -5.81. The molecule has 0 saturated heterocycles. The maximum atomic E-state index is 12.6. The molecule has 0 bridgehead atoms. The topological polar surface area (TPSA) is 289 Å². The lowest BCUT2D eigenvalue weighted by molar-refractivity contribution is -0.139. The highest BCUT2D eigenvalue weighted by molar-refractivity contribution is 7.97. The molecule has 0 aromatic heterocycles. The Bertz CT molecular complexity index is 3920. The largest absolute Gasteiger partial charge is 0.743 e. The fraction of sp³-hybridized carbons (Fsp3) is 0.160. The van der Waals surface area contributed by atoms with Crippen LogP contribution in [0.15, 0.2) is 354 Å². The molecule has 0 aliphatic heterocycles. The summed E-state index contributed by atoms with van der Waals surface area (Å²) in [6.07, 6.45) is 0. The van der Waals surface area contributed by atoms with E-state index in [1.54, 1.807) is 0 Å². The van der Waals surface area contributed by atoms with E-state index in [0.717, 1.165) is 7.11 Å². The third kappa shape index (κ3) is 30.5. The number of alkyl halides is 6. The molecule has 0 saturated carbocycles. The van der Waals surface area contributed by atoms with Gasteiger partial charge in [-0.1, -0.05) is 184 Å². The van der Waals surface area contributed by atoms with Crippen LogP contribution >= 0.6 is 0 Å². The average Bonchev–Trinajstić information content (AvgIpc) is 0.833. The van der Waals surface area contributed by atoms with E-state index < -0.39 is 109 Å². The molecule has 105 heavy (non-hydrogen) atoms. The van der Waals surface area contributed by atoms with Gasteiger partial charge >= 0.3 is 33.7 Å². The fourth-order valence-electron chi connectivity index (χ4n) is 7.89. The molecule has 0 spiro atoms. The van der Waals surface area contributed by atoms with Crippen molar-refractivity contribution >= 4 is 80.9 Å². The van der Waals surface area contributed by atoms with Gasteiger partial charge in [-0.3, -0.25) is 0 Å². The zero-order valence-corrected chi connectivity index (χ0v) is 61.1. The lowest BCUT2D eigenvalue weighted by atomic mass is 10.3. The molecule has 0 aliphatic rings. The summed E-state index contributed by atoms with van der Waals surface area (Å²) in [5.41, 5.74) is -1.07. The molecule has 1 N–H and O–H groups in total. The van der Waals surface area contributed by atoms with Crippen LogP contribution in [0.5, 0.6) is 0 Å². The molecule has 9 aromatic carbocycles. The second-order valence-corrected chi connectivity index (χ2v) is 31.4. The quantitative estimate of drug-likeness (QED) is 0.0157. The summed E-state index contributed by atoms with van der Waals surface area (Å²) in [6, 6.07) is 96.5. The number of methoxy groups -OCH3 is 1. The summed E-state index contributed by atoms with van der Waals surface area (Å²) < 4.78 is 186. The molecule has 558 valence electrons. The number of carboxylic acids is 1. The molecular formula is C75H72F6O18S6. The highest BCUT2D eigenvalue weighted by atomic mass is 32.2. The van der Waals surface area contributed by atoms with Crippen LogP contribution < -0.4 is 0 Å². The van der Waals surface area contributed by atoms with Crippen molar-refractivity contribution in [1.82, 2.24) is 0 Å². The molecule has 0 fully saturated rings. The summed E-state index contributed by atoms with van der Waals surface area (Å²) >= 11 is 0. The van der Waals surface area contributed by atoms with E-state index in [9.17, 15) is 79.6 Å². The molecule has 0 heterocycles. The van der Waals surface area contributed by atoms with Crippen molar-refractivity contribution in [3.8, 4) is 0 Å². The second kappa shape index (κ2) is 44.0. The van der Waals surface area contributed by atoms with Crippen molar-refractivity contribution in [3.63, 3.8) is 0 Å². The monoisotopic (exact) mass is 1570 g/mol. The second-order valence-electron chi connectivity index (χ2n) is 20.8. The number of halogens is 6. The molecule has 0 radical (unpaired) electrons. The van der Waals surface area contributed by atoms with Crippen LogP contribution in [0.25, 0.3) is 0 Å². The third-order valence-corrected chi connectivity index (χ3v) is 22.1. The van der Waals surface area contributed by atoms with Crippen LogP contribution in [-0.4, -0.2) is 131 Å². The Hall–Kier alpha value is -9.15. The average molecular weight is 1570 g/mol. The lowest BCUT2D eigenvalue weighted by Crippen LogP contribution is -2.34.